The summed E-state index contributed by atoms with van der Waals surface area (Å²) in [6.45, 7) is 2.07. The van der Waals surface area contributed by atoms with Crippen LogP contribution >= 0.6 is 0 Å². The maximum Gasteiger partial charge on any atom is 0.194 e. The maximum absolute atomic E-state index is 5.56. The van der Waals surface area contributed by atoms with E-state index in [9.17, 15) is 0 Å². The number of ether oxygens (including phenoxy) is 5. The van der Waals surface area contributed by atoms with Crippen molar-refractivity contribution >= 4 is 5.96 Å². The summed E-state index contributed by atoms with van der Waals surface area (Å²) >= 11 is 0. The molecule has 0 unspecified atom stereocenters. The van der Waals surface area contributed by atoms with Crippen LogP contribution in [-0.2, 0) is 19.5 Å². The van der Waals surface area contributed by atoms with Crippen LogP contribution in [-0.4, -0.2) is 60.0 Å². The van der Waals surface area contributed by atoms with Gasteiger partial charge in [-0.15, -0.1) is 0 Å². The van der Waals surface area contributed by atoms with Gasteiger partial charge in [0.2, 0.25) is 0 Å². The maximum atomic E-state index is 5.56. The van der Waals surface area contributed by atoms with Gasteiger partial charge in [-0.05, 0) is 29.7 Å². The van der Waals surface area contributed by atoms with Crippen molar-refractivity contribution in [2.24, 2.45) is 4.99 Å². The van der Waals surface area contributed by atoms with E-state index >= 15 is 0 Å². The lowest BCUT2D eigenvalue weighted by Gasteiger charge is -2.32. The zero-order valence-electron chi connectivity index (χ0n) is 19.1. The molecule has 1 N–H and O–H groups in total. The Bertz CT molecular complexity index is 920. The average Bonchev–Trinajstić information content (AvgIpc) is 2.82. The van der Waals surface area contributed by atoms with Crippen LogP contribution in [0.3, 0.4) is 0 Å². The molecule has 0 spiro atoms. The number of nitrogens with one attached hydrogen (secondary N) is 1. The molecule has 1 heterocycles. The van der Waals surface area contributed by atoms with E-state index in [0.29, 0.717) is 23.8 Å². The van der Waals surface area contributed by atoms with Crippen LogP contribution in [0.4, 0.5) is 0 Å². The largest absolute Gasteiger partial charge is 0.496 e. The van der Waals surface area contributed by atoms with Crippen molar-refractivity contribution in [3.63, 3.8) is 0 Å². The Morgan fingerprint density at radius 3 is 1.94 bits per heavy atom. The van der Waals surface area contributed by atoms with E-state index in [1.165, 1.54) is 11.1 Å². The predicted molar refractivity (Wildman–Crippen MR) is 120 cm³/mol. The zero-order valence-corrected chi connectivity index (χ0v) is 19.1. The Morgan fingerprint density at radius 2 is 1.42 bits per heavy atom. The number of guanidine groups is 1. The molecular weight excluding hydrogens is 398 g/mol. The van der Waals surface area contributed by atoms with Crippen LogP contribution in [0.25, 0.3) is 0 Å². The Labute approximate surface area is 183 Å². The number of methoxy groups -OCH3 is 5. The molecule has 31 heavy (non-hydrogen) atoms. The summed E-state index contributed by atoms with van der Waals surface area (Å²) in [5.41, 5.74) is 3.37. The van der Waals surface area contributed by atoms with Gasteiger partial charge in [0.05, 0.1) is 47.7 Å². The predicted octanol–water partition coefficient (Wildman–Crippen LogP) is 2.86. The standard InChI is InChI=1S/C23H31N3O5/c1-24-23(25-13-18-19(28-3)11-17(27-2)12-20(18)29-4)26-8-7-15-9-21(30-5)22(31-6)10-16(15)14-26/h9-12H,7-8,13-14H2,1-6H3,(H,24,25). The summed E-state index contributed by atoms with van der Waals surface area (Å²) in [5.74, 6) is 4.37. The second kappa shape index (κ2) is 10.1. The van der Waals surface area contributed by atoms with Gasteiger partial charge >= 0.3 is 0 Å². The van der Waals surface area contributed by atoms with E-state index in [0.717, 1.165) is 42.5 Å². The van der Waals surface area contributed by atoms with Gasteiger partial charge in [-0.2, -0.15) is 0 Å². The smallest absolute Gasteiger partial charge is 0.194 e. The second-order valence-electron chi connectivity index (χ2n) is 7.06. The molecular formula is C23H31N3O5. The lowest BCUT2D eigenvalue weighted by atomic mass is 9.99. The number of hydrogen-bond donors (Lipinski definition) is 1. The highest BCUT2D eigenvalue weighted by Crippen LogP contribution is 2.35. The quantitative estimate of drug-likeness (QED) is 0.536. The van der Waals surface area contributed by atoms with Crippen molar-refractivity contribution in [3.05, 3.63) is 41.0 Å². The molecule has 0 radical (unpaired) electrons. The molecule has 168 valence electrons. The third-order valence-electron chi connectivity index (χ3n) is 5.47. The minimum absolute atomic E-state index is 0.498. The summed E-state index contributed by atoms with van der Waals surface area (Å²) in [6.07, 6.45) is 0.894. The fourth-order valence-electron chi connectivity index (χ4n) is 3.82. The van der Waals surface area contributed by atoms with Gasteiger partial charge in [0.15, 0.2) is 17.5 Å². The number of hydrogen-bond acceptors (Lipinski definition) is 6. The van der Waals surface area contributed by atoms with Crippen LogP contribution < -0.4 is 29.0 Å². The van der Waals surface area contributed by atoms with Crippen molar-refractivity contribution in [1.82, 2.24) is 10.2 Å². The number of fused-ring (bicyclic) bond motifs is 1. The second-order valence-corrected chi connectivity index (χ2v) is 7.06. The van der Waals surface area contributed by atoms with E-state index < -0.39 is 0 Å². The van der Waals surface area contributed by atoms with Gasteiger partial charge < -0.3 is 33.9 Å². The van der Waals surface area contributed by atoms with Gasteiger partial charge in [-0.3, -0.25) is 4.99 Å². The highest BCUT2D eigenvalue weighted by molar-refractivity contribution is 5.80. The van der Waals surface area contributed by atoms with Crippen LogP contribution in [0.1, 0.15) is 16.7 Å². The first kappa shape index (κ1) is 22.4. The molecule has 0 bridgehead atoms. The van der Waals surface area contributed by atoms with Crippen LogP contribution in [0, 0.1) is 0 Å². The Balaban J connectivity index is 1.78. The summed E-state index contributed by atoms with van der Waals surface area (Å²) in [7, 11) is 9.99. The molecule has 0 saturated carbocycles. The van der Waals surface area contributed by atoms with Gasteiger partial charge in [-0.1, -0.05) is 0 Å². The van der Waals surface area contributed by atoms with E-state index in [4.69, 9.17) is 23.7 Å². The summed E-state index contributed by atoms with van der Waals surface area (Å²) < 4.78 is 27.4. The number of rotatable bonds is 7. The topological polar surface area (TPSA) is 73.8 Å². The van der Waals surface area contributed by atoms with Crippen molar-refractivity contribution in [1.29, 1.82) is 0 Å². The molecule has 3 rings (SSSR count). The van der Waals surface area contributed by atoms with Crippen molar-refractivity contribution in [2.75, 3.05) is 49.1 Å². The van der Waals surface area contributed by atoms with Crippen LogP contribution in [0.5, 0.6) is 28.7 Å². The molecule has 0 aromatic heterocycles. The van der Waals surface area contributed by atoms with Gasteiger partial charge in [-0.25, -0.2) is 0 Å². The highest BCUT2D eigenvalue weighted by Gasteiger charge is 2.22. The molecule has 2 aromatic rings. The summed E-state index contributed by atoms with van der Waals surface area (Å²) in [5, 5.41) is 3.44. The fourth-order valence-corrected chi connectivity index (χ4v) is 3.82. The Kier molecular flexibility index (Phi) is 7.33. The van der Waals surface area contributed by atoms with Gasteiger partial charge in [0, 0.05) is 32.3 Å². The van der Waals surface area contributed by atoms with Crippen molar-refractivity contribution in [2.45, 2.75) is 19.5 Å². The van der Waals surface area contributed by atoms with Crippen LogP contribution in [0.15, 0.2) is 29.3 Å². The molecule has 0 fully saturated rings. The van der Waals surface area contributed by atoms with Crippen molar-refractivity contribution in [3.8, 4) is 28.7 Å². The summed E-state index contributed by atoms with van der Waals surface area (Å²) in [4.78, 5) is 6.71. The van der Waals surface area contributed by atoms with Crippen LogP contribution in [0.2, 0.25) is 0 Å². The average molecular weight is 430 g/mol. The fraction of sp³-hybridized carbons (Fsp3) is 0.435. The highest BCUT2D eigenvalue weighted by atomic mass is 16.5. The zero-order chi connectivity index (χ0) is 22.4. The monoisotopic (exact) mass is 429 g/mol. The first-order valence-electron chi connectivity index (χ1n) is 10.1. The molecule has 2 aromatic carbocycles. The van der Waals surface area contributed by atoms with E-state index in [2.05, 4.69) is 21.3 Å². The Morgan fingerprint density at radius 1 is 0.839 bits per heavy atom. The minimum atomic E-state index is 0.498. The first-order chi connectivity index (χ1) is 15.1. The van der Waals surface area contributed by atoms with E-state index in [1.807, 2.05) is 18.2 Å². The molecule has 8 heteroatoms. The normalized spacial score (nSPS) is 13.4. The molecule has 0 saturated heterocycles. The van der Waals surface area contributed by atoms with Crippen molar-refractivity contribution < 1.29 is 23.7 Å². The molecule has 8 nitrogen and oxygen atoms in total. The molecule has 0 atom stereocenters. The number of nitrogens with zero attached hydrogens (tertiary/aromatic N) is 2. The molecule has 0 amide bonds. The lowest BCUT2D eigenvalue weighted by molar-refractivity contribution is 0.345. The van der Waals surface area contributed by atoms with E-state index in [1.54, 1.807) is 42.6 Å². The molecule has 0 aliphatic carbocycles. The first-order valence-corrected chi connectivity index (χ1v) is 10.1. The third kappa shape index (κ3) is 4.73. The number of aliphatic imine (C=N–C) groups is 1. The molecule has 1 aliphatic rings. The SMILES string of the molecule is CN=C(NCc1c(OC)cc(OC)cc1OC)N1CCc2cc(OC)c(OC)cc2C1. The summed E-state index contributed by atoms with van der Waals surface area (Å²) in [6, 6.07) is 7.80. The van der Waals surface area contributed by atoms with Gasteiger partial charge in [0.25, 0.3) is 0 Å². The molecule has 1 aliphatic heterocycles. The Hall–Kier alpha value is -3.29. The lowest BCUT2D eigenvalue weighted by Crippen LogP contribution is -2.43. The third-order valence-corrected chi connectivity index (χ3v) is 5.47. The number of benzene rings is 2. The van der Waals surface area contributed by atoms with E-state index in [-0.39, 0.29) is 0 Å². The van der Waals surface area contributed by atoms with Gasteiger partial charge in [0.1, 0.15) is 17.2 Å². The minimum Gasteiger partial charge on any atom is -0.496 e.